The molecule has 9 nitrogen and oxygen atoms in total. The normalized spacial score (nSPS) is 14.4. The summed E-state index contributed by atoms with van der Waals surface area (Å²) in [5.74, 6) is -1.68. The van der Waals surface area contributed by atoms with Crippen LogP contribution in [0.5, 0.6) is 0 Å². The third kappa shape index (κ3) is 3.77. The SMILES string of the molecule is O=C(Nc1ccc(F)c([N+](=O)[O-])c1)Nc1cccc2nc(C3C(=O)Nc4ccccc43)ccc12. The molecule has 0 bridgehead atoms. The molecule has 0 radical (unpaired) electrons. The van der Waals surface area contributed by atoms with Crippen LogP contribution in [-0.4, -0.2) is 21.8 Å². The van der Waals surface area contributed by atoms with Crippen molar-refractivity contribution in [3.05, 3.63) is 100.0 Å². The molecule has 168 valence electrons. The lowest BCUT2D eigenvalue weighted by molar-refractivity contribution is -0.387. The molecule has 10 heteroatoms. The number of hydrogen-bond donors (Lipinski definition) is 3. The molecule has 3 aromatic carbocycles. The Morgan fingerprint density at radius 2 is 1.85 bits per heavy atom. The van der Waals surface area contributed by atoms with Crippen molar-refractivity contribution in [3.63, 3.8) is 0 Å². The number of halogens is 1. The van der Waals surface area contributed by atoms with Crippen LogP contribution in [0.15, 0.2) is 72.8 Å². The Hall–Kier alpha value is -4.86. The summed E-state index contributed by atoms with van der Waals surface area (Å²) in [5.41, 5.74) is 2.53. The Balaban J connectivity index is 1.40. The first-order valence-corrected chi connectivity index (χ1v) is 10.2. The number of aromatic nitrogens is 1. The molecule has 0 saturated carbocycles. The fourth-order valence-corrected chi connectivity index (χ4v) is 3.96. The zero-order valence-corrected chi connectivity index (χ0v) is 17.4. The molecule has 0 saturated heterocycles. The van der Waals surface area contributed by atoms with Gasteiger partial charge in [0.1, 0.15) is 5.92 Å². The number of hydrogen-bond acceptors (Lipinski definition) is 5. The van der Waals surface area contributed by atoms with Crippen molar-refractivity contribution in [3.8, 4) is 0 Å². The molecular formula is C24H16FN5O4. The van der Waals surface area contributed by atoms with E-state index in [-0.39, 0.29) is 11.6 Å². The minimum Gasteiger partial charge on any atom is -0.325 e. The number of benzene rings is 3. The van der Waals surface area contributed by atoms with Crippen LogP contribution < -0.4 is 16.0 Å². The van der Waals surface area contributed by atoms with E-state index in [1.165, 1.54) is 6.07 Å². The summed E-state index contributed by atoms with van der Waals surface area (Å²) in [6.45, 7) is 0. The van der Waals surface area contributed by atoms with Crippen molar-refractivity contribution >= 4 is 45.6 Å². The summed E-state index contributed by atoms with van der Waals surface area (Å²) in [7, 11) is 0. The van der Waals surface area contributed by atoms with Crippen LogP contribution in [0, 0.1) is 15.9 Å². The number of para-hydroxylation sites is 1. The van der Waals surface area contributed by atoms with Crippen LogP contribution in [0.3, 0.4) is 0 Å². The average Bonchev–Trinajstić information content (AvgIpc) is 3.15. The second-order valence-electron chi connectivity index (χ2n) is 7.62. The second-order valence-corrected chi connectivity index (χ2v) is 7.62. The topological polar surface area (TPSA) is 126 Å². The molecule has 0 aliphatic carbocycles. The molecule has 1 aliphatic rings. The molecule has 2 heterocycles. The van der Waals surface area contributed by atoms with Gasteiger partial charge in [0.05, 0.1) is 21.8 Å². The Morgan fingerprint density at radius 1 is 1.03 bits per heavy atom. The van der Waals surface area contributed by atoms with Crippen molar-refractivity contribution in [1.82, 2.24) is 4.98 Å². The van der Waals surface area contributed by atoms with Gasteiger partial charge in [0.2, 0.25) is 11.7 Å². The van der Waals surface area contributed by atoms with Gasteiger partial charge >= 0.3 is 11.7 Å². The van der Waals surface area contributed by atoms with Crippen LogP contribution in [0.2, 0.25) is 0 Å². The van der Waals surface area contributed by atoms with Gasteiger partial charge in [-0.15, -0.1) is 0 Å². The summed E-state index contributed by atoms with van der Waals surface area (Å²) in [4.78, 5) is 39.7. The van der Waals surface area contributed by atoms with Gasteiger partial charge in [-0.05, 0) is 48.0 Å². The van der Waals surface area contributed by atoms with Crippen LogP contribution >= 0.6 is 0 Å². The van der Waals surface area contributed by atoms with Crippen molar-refractivity contribution in [2.75, 3.05) is 16.0 Å². The maximum atomic E-state index is 13.5. The predicted octanol–water partition coefficient (Wildman–Crippen LogP) is 5.01. The van der Waals surface area contributed by atoms with Crippen LogP contribution in [-0.2, 0) is 4.79 Å². The third-order valence-corrected chi connectivity index (χ3v) is 5.49. The number of urea groups is 1. The van der Waals surface area contributed by atoms with Gasteiger partial charge in [0.15, 0.2) is 0 Å². The molecule has 1 atom stereocenters. The zero-order chi connectivity index (χ0) is 23.8. The standard InChI is InChI=1S/C24H16FN5O4/c25-16-10-8-13(12-21(16)30(33)34)26-24(32)29-18-7-3-6-17-14(18)9-11-20(27-17)22-15-4-1-2-5-19(15)28-23(22)31/h1-12,22H,(H,28,31)(H2,26,29,32). The van der Waals surface area contributed by atoms with Gasteiger partial charge in [0, 0.05) is 22.8 Å². The monoisotopic (exact) mass is 457 g/mol. The summed E-state index contributed by atoms with van der Waals surface area (Å²) in [5, 5.41) is 19.5. The Kier molecular flexibility index (Phi) is 5.09. The van der Waals surface area contributed by atoms with Crippen molar-refractivity contribution in [1.29, 1.82) is 0 Å². The number of anilines is 3. The van der Waals surface area contributed by atoms with Gasteiger partial charge in [-0.25, -0.2) is 4.79 Å². The highest BCUT2D eigenvalue weighted by molar-refractivity contribution is 6.07. The van der Waals surface area contributed by atoms with Gasteiger partial charge in [-0.3, -0.25) is 19.9 Å². The van der Waals surface area contributed by atoms with E-state index in [4.69, 9.17) is 0 Å². The first kappa shape index (κ1) is 21.0. The number of fused-ring (bicyclic) bond motifs is 2. The molecule has 0 spiro atoms. The van der Waals surface area contributed by atoms with Crippen LogP contribution in [0.25, 0.3) is 10.9 Å². The highest BCUT2D eigenvalue weighted by Gasteiger charge is 2.32. The smallest absolute Gasteiger partial charge is 0.323 e. The van der Waals surface area contributed by atoms with E-state index in [9.17, 15) is 24.1 Å². The van der Waals surface area contributed by atoms with Gasteiger partial charge < -0.3 is 16.0 Å². The second kappa shape index (κ2) is 8.24. The molecular weight excluding hydrogens is 441 g/mol. The van der Waals surface area contributed by atoms with Crippen molar-refractivity contribution in [2.24, 2.45) is 0 Å². The molecule has 34 heavy (non-hydrogen) atoms. The third-order valence-electron chi connectivity index (χ3n) is 5.49. The highest BCUT2D eigenvalue weighted by Crippen LogP contribution is 2.37. The maximum absolute atomic E-state index is 13.5. The minimum atomic E-state index is -0.995. The van der Waals surface area contributed by atoms with Gasteiger partial charge in [-0.1, -0.05) is 24.3 Å². The summed E-state index contributed by atoms with van der Waals surface area (Å²) in [6, 6.07) is 18.5. The number of amides is 3. The lowest BCUT2D eigenvalue weighted by Gasteiger charge is -2.13. The molecule has 1 unspecified atom stereocenters. The number of rotatable bonds is 4. The minimum absolute atomic E-state index is 0.0668. The van der Waals surface area contributed by atoms with E-state index in [1.807, 2.05) is 24.3 Å². The van der Waals surface area contributed by atoms with Gasteiger partial charge in [0.25, 0.3) is 0 Å². The molecule has 4 aromatic rings. The number of carbonyl (C=O) groups excluding carboxylic acids is 2. The van der Waals surface area contributed by atoms with E-state index in [0.717, 1.165) is 23.4 Å². The van der Waals surface area contributed by atoms with E-state index >= 15 is 0 Å². The Morgan fingerprint density at radius 3 is 2.68 bits per heavy atom. The fourth-order valence-electron chi connectivity index (χ4n) is 3.96. The quantitative estimate of drug-likeness (QED) is 0.293. The number of nitrogens with zero attached hydrogens (tertiary/aromatic N) is 2. The number of nitro benzene ring substituents is 1. The number of pyridine rings is 1. The first-order chi connectivity index (χ1) is 16.4. The molecule has 5 rings (SSSR count). The lowest BCUT2D eigenvalue weighted by atomic mass is 9.96. The largest absolute Gasteiger partial charge is 0.325 e. The van der Waals surface area contributed by atoms with E-state index in [0.29, 0.717) is 22.3 Å². The molecule has 0 fully saturated rings. The molecule has 3 amide bonds. The molecule has 3 N–H and O–H groups in total. The number of nitro groups is 1. The lowest BCUT2D eigenvalue weighted by Crippen LogP contribution is -2.20. The van der Waals surface area contributed by atoms with E-state index in [1.54, 1.807) is 30.3 Å². The summed E-state index contributed by atoms with van der Waals surface area (Å²) >= 11 is 0. The van der Waals surface area contributed by atoms with Crippen LogP contribution in [0.1, 0.15) is 17.2 Å². The van der Waals surface area contributed by atoms with Crippen molar-refractivity contribution in [2.45, 2.75) is 5.92 Å². The fraction of sp³-hybridized carbons (Fsp3) is 0.0417. The number of nitrogens with one attached hydrogen (secondary N) is 3. The molecule has 1 aliphatic heterocycles. The van der Waals surface area contributed by atoms with E-state index in [2.05, 4.69) is 20.9 Å². The Labute approximate surface area is 191 Å². The average molecular weight is 457 g/mol. The zero-order valence-electron chi connectivity index (χ0n) is 17.4. The molecule has 1 aromatic heterocycles. The van der Waals surface area contributed by atoms with Crippen molar-refractivity contribution < 1.29 is 18.9 Å². The highest BCUT2D eigenvalue weighted by atomic mass is 19.1. The first-order valence-electron chi connectivity index (χ1n) is 10.2. The Bertz CT molecular complexity index is 1490. The van der Waals surface area contributed by atoms with Crippen LogP contribution in [0.4, 0.5) is 31.9 Å². The maximum Gasteiger partial charge on any atom is 0.323 e. The number of carbonyl (C=O) groups is 2. The summed E-state index contributed by atoms with van der Waals surface area (Å²) < 4.78 is 13.5. The van der Waals surface area contributed by atoms with Gasteiger partial charge in [-0.2, -0.15) is 4.39 Å². The predicted molar refractivity (Wildman–Crippen MR) is 124 cm³/mol. The summed E-state index contributed by atoms with van der Waals surface area (Å²) in [6.07, 6.45) is 0. The van der Waals surface area contributed by atoms with E-state index < -0.39 is 28.4 Å².